The van der Waals surface area contributed by atoms with Gasteiger partial charge in [-0.15, -0.1) is 0 Å². The number of nitrogens with zero attached hydrogens (tertiary/aromatic N) is 2. The van der Waals surface area contributed by atoms with Crippen molar-refractivity contribution in [1.29, 1.82) is 0 Å². The van der Waals surface area contributed by atoms with Crippen molar-refractivity contribution in [3.8, 4) is 0 Å². The van der Waals surface area contributed by atoms with Crippen LogP contribution in [-0.4, -0.2) is 42.5 Å². The first-order valence-electron chi connectivity index (χ1n) is 11.6. The number of likely N-dealkylation sites (tertiary alicyclic amines) is 1. The van der Waals surface area contributed by atoms with E-state index in [0.717, 1.165) is 11.3 Å². The van der Waals surface area contributed by atoms with Gasteiger partial charge in [-0.1, -0.05) is 12.1 Å². The maximum absolute atomic E-state index is 15.1. The van der Waals surface area contributed by atoms with Crippen molar-refractivity contribution >= 4 is 28.9 Å². The molecular formula is C25H28F4N4O2. The van der Waals surface area contributed by atoms with Gasteiger partial charge in [0.15, 0.2) is 5.82 Å². The first kappa shape index (κ1) is 24.8. The van der Waals surface area contributed by atoms with E-state index in [0.29, 0.717) is 30.0 Å². The molecule has 0 saturated carbocycles. The van der Waals surface area contributed by atoms with Crippen LogP contribution in [0.2, 0.25) is 0 Å². The molecule has 4 rings (SSSR count). The van der Waals surface area contributed by atoms with Crippen LogP contribution in [0.3, 0.4) is 0 Å². The average Bonchev–Trinajstić information content (AvgIpc) is 3.18. The second-order valence-electron chi connectivity index (χ2n) is 9.27. The minimum atomic E-state index is -4.21. The number of hydrogen-bond donors (Lipinski definition) is 2. The summed E-state index contributed by atoms with van der Waals surface area (Å²) in [6.07, 6.45) is -4.16. The molecule has 0 bridgehead atoms. The molecule has 2 saturated heterocycles. The highest BCUT2D eigenvalue weighted by Gasteiger charge is 2.41. The molecule has 2 aliphatic rings. The molecule has 2 aromatic carbocycles. The maximum atomic E-state index is 15.1. The number of carbonyl (C=O) groups is 2. The summed E-state index contributed by atoms with van der Waals surface area (Å²) in [6, 6.07) is 10.6. The highest BCUT2D eigenvalue weighted by molar-refractivity contribution is 5.88. The zero-order valence-corrected chi connectivity index (χ0v) is 19.4. The van der Waals surface area contributed by atoms with E-state index in [9.17, 15) is 22.8 Å². The molecule has 35 heavy (non-hydrogen) atoms. The number of primary amides is 1. The molecular weight excluding hydrogens is 464 g/mol. The number of piperidine rings is 1. The minimum Gasteiger partial charge on any atom is -0.369 e. The second-order valence-corrected chi connectivity index (χ2v) is 9.27. The Balaban J connectivity index is 1.39. The molecule has 1 atom stereocenters. The molecule has 2 fully saturated rings. The molecule has 2 heterocycles. The fourth-order valence-corrected chi connectivity index (χ4v) is 4.68. The van der Waals surface area contributed by atoms with Crippen LogP contribution in [0.4, 0.5) is 34.6 Å². The van der Waals surface area contributed by atoms with Gasteiger partial charge >= 0.3 is 6.18 Å². The number of halogens is 4. The van der Waals surface area contributed by atoms with Crippen molar-refractivity contribution in [2.75, 3.05) is 29.9 Å². The fourth-order valence-electron chi connectivity index (χ4n) is 4.68. The SMILES string of the molecule is Cc1c(Nc2ccc(CN3CC(C(N)=O)CC3=O)cc2)ccc(N2CCC(C(F)(F)F)CC2)c1F. The van der Waals surface area contributed by atoms with Gasteiger partial charge in [0.1, 0.15) is 0 Å². The lowest BCUT2D eigenvalue weighted by Gasteiger charge is -2.35. The Hall–Kier alpha value is -3.30. The summed E-state index contributed by atoms with van der Waals surface area (Å²) in [7, 11) is 0. The van der Waals surface area contributed by atoms with E-state index >= 15 is 4.39 Å². The van der Waals surface area contributed by atoms with E-state index in [4.69, 9.17) is 5.73 Å². The fraction of sp³-hybridized carbons (Fsp3) is 0.440. The number of anilines is 3. The van der Waals surface area contributed by atoms with Gasteiger partial charge in [-0.25, -0.2) is 4.39 Å². The Labute approximate surface area is 201 Å². The number of rotatable bonds is 6. The van der Waals surface area contributed by atoms with Gasteiger partial charge in [0.05, 0.1) is 17.5 Å². The summed E-state index contributed by atoms with van der Waals surface area (Å²) in [5.41, 5.74) is 8.16. The molecule has 0 spiro atoms. The number of nitrogens with one attached hydrogen (secondary N) is 1. The second kappa shape index (κ2) is 9.75. The number of hydrogen-bond acceptors (Lipinski definition) is 4. The molecule has 1 unspecified atom stereocenters. The summed E-state index contributed by atoms with van der Waals surface area (Å²) >= 11 is 0. The molecule has 2 aromatic rings. The molecule has 3 N–H and O–H groups in total. The summed E-state index contributed by atoms with van der Waals surface area (Å²) < 4.78 is 53.9. The predicted octanol–water partition coefficient (Wildman–Crippen LogP) is 4.49. The van der Waals surface area contributed by atoms with Crippen LogP contribution in [-0.2, 0) is 16.1 Å². The number of amides is 2. The zero-order valence-electron chi connectivity index (χ0n) is 19.4. The van der Waals surface area contributed by atoms with Crippen LogP contribution in [0.25, 0.3) is 0 Å². The first-order valence-corrected chi connectivity index (χ1v) is 11.6. The third-order valence-electron chi connectivity index (χ3n) is 6.89. The van der Waals surface area contributed by atoms with E-state index in [1.807, 2.05) is 24.3 Å². The standard InChI is InChI=1S/C25H28F4N4O2/c1-15-20(6-7-21(23(15)26)32-10-8-18(9-11-32)25(27,28)29)31-19-4-2-16(3-5-19)13-33-14-17(24(30)35)12-22(33)34/h2-7,17-18,31H,8-14H2,1H3,(H2,30,35). The Morgan fingerprint density at radius 3 is 2.34 bits per heavy atom. The van der Waals surface area contributed by atoms with Gasteiger partial charge in [0.2, 0.25) is 11.8 Å². The van der Waals surface area contributed by atoms with E-state index in [2.05, 4.69) is 5.32 Å². The van der Waals surface area contributed by atoms with Crippen molar-refractivity contribution < 1.29 is 27.2 Å². The third kappa shape index (κ3) is 5.52. The van der Waals surface area contributed by atoms with Gasteiger partial charge in [-0.2, -0.15) is 13.2 Å². The average molecular weight is 493 g/mol. The van der Waals surface area contributed by atoms with Crippen molar-refractivity contribution in [3.05, 3.63) is 53.3 Å². The van der Waals surface area contributed by atoms with Crippen LogP contribution in [0.1, 0.15) is 30.4 Å². The van der Waals surface area contributed by atoms with Crippen molar-refractivity contribution in [2.24, 2.45) is 17.6 Å². The Morgan fingerprint density at radius 2 is 1.77 bits per heavy atom. The summed E-state index contributed by atoms with van der Waals surface area (Å²) in [5, 5.41) is 3.17. The van der Waals surface area contributed by atoms with Gasteiger partial charge in [0.25, 0.3) is 0 Å². The van der Waals surface area contributed by atoms with Gasteiger partial charge in [-0.05, 0) is 49.6 Å². The largest absolute Gasteiger partial charge is 0.391 e. The maximum Gasteiger partial charge on any atom is 0.391 e. The quantitative estimate of drug-likeness (QED) is 0.583. The van der Waals surface area contributed by atoms with Crippen molar-refractivity contribution in [2.45, 2.75) is 38.9 Å². The van der Waals surface area contributed by atoms with E-state index < -0.39 is 29.7 Å². The van der Waals surface area contributed by atoms with Crippen molar-refractivity contribution in [3.63, 3.8) is 0 Å². The van der Waals surface area contributed by atoms with Gasteiger partial charge in [-0.3, -0.25) is 9.59 Å². The predicted molar refractivity (Wildman–Crippen MR) is 125 cm³/mol. The lowest BCUT2D eigenvalue weighted by atomic mass is 9.95. The summed E-state index contributed by atoms with van der Waals surface area (Å²) in [4.78, 5) is 26.7. The molecule has 2 aliphatic heterocycles. The number of carbonyl (C=O) groups excluding carboxylic acids is 2. The molecule has 0 aromatic heterocycles. The zero-order chi connectivity index (χ0) is 25.3. The van der Waals surface area contributed by atoms with Crippen LogP contribution in [0.15, 0.2) is 36.4 Å². The molecule has 0 aliphatic carbocycles. The Bertz CT molecular complexity index is 1100. The van der Waals surface area contributed by atoms with Crippen LogP contribution < -0.4 is 16.0 Å². The normalized spacial score (nSPS) is 19.3. The van der Waals surface area contributed by atoms with E-state index in [1.54, 1.807) is 28.9 Å². The lowest BCUT2D eigenvalue weighted by Crippen LogP contribution is -2.39. The highest BCUT2D eigenvalue weighted by atomic mass is 19.4. The monoisotopic (exact) mass is 492 g/mol. The van der Waals surface area contributed by atoms with Gasteiger partial charge < -0.3 is 20.9 Å². The smallest absolute Gasteiger partial charge is 0.369 e. The number of alkyl halides is 3. The molecule has 10 heteroatoms. The first-order chi connectivity index (χ1) is 16.5. The molecule has 2 amide bonds. The van der Waals surface area contributed by atoms with E-state index in [-0.39, 0.29) is 38.3 Å². The lowest BCUT2D eigenvalue weighted by molar-refractivity contribution is -0.179. The highest BCUT2D eigenvalue weighted by Crippen LogP contribution is 2.37. The Morgan fingerprint density at radius 1 is 1.11 bits per heavy atom. The van der Waals surface area contributed by atoms with Gasteiger partial charge in [0, 0.05) is 49.5 Å². The van der Waals surface area contributed by atoms with Crippen LogP contribution >= 0.6 is 0 Å². The molecule has 6 nitrogen and oxygen atoms in total. The van der Waals surface area contributed by atoms with Crippen LogP contribution in [0.5, 0.6) is 0 Å². The number of nitrogens with two attached hydrogens (primary N) is 1. The Kier molecular flexibility index (Phi) is 6.91. The molecule has 0 radical (unpaired) electrons. The summed E-state index contributed by atoms with van der Waals surface area (Å²) in [5.74, 6) is -2.82. The molecule has 188 valence electrons. The van der Waals surface area contributed by atoms with Crippen molar-refractivity contribution in [1.82, 2.24) is 4.90 Å². The third-order valence-corrected chi connectivity index (χ3v) is 6.89. The topological polar surface area (TPSA) is 78.7 Å². The number of benzene rings is 2. The van der Waals surface area contributed by atoms with E-state index in [1.165, 1.54) is 0 Å². The van der Waals surface area contributed by atoms with Crippen LogP contribution in [0, 0.1) is 24.6 Å². The minimum absolute atomic E-state index is 0.0411. The summed E-state index contributed by atoms with van der Waals surface area (Å²) in [6.45, 7) is 2.64.